The first-order valence-corrected chi connectivity index (χ1v) is 12.9. The van der Waals surface area contributed by atoms with E-state index in [1.807, 2.05) is 0 Å². The van der Waals surface area contributed by atoms with Crippen molar-refractivity contribution < 1.29 is 9.18 Å². The lowest BCUT2D eigenvalue weighted by molar-refractivity contribution is 0.0953. The summed E-state index contributed by atoms with van der Waals surface area (Å²) in [5, 5.41) is 7.93. The van der Waals surface area contributed by atoms with Gasteiger partial charge in [0.05, 0.1) is 5.52 Å². The number of para-hydroxylation sites is 1. The molecule has 4 rings (SSSR count). The van der Waals surface area contributed by atoms with Gasteiger partial charge in [-0.1, -0.05) is 50.3 Å². The minimum absolute atomic E-state index is 0.129. The van der Waals surface area contributed by atoms with Crippen molar-refractivity contribution in [2.24, 2.45) is 0 Å². The number of aryl methyl sites for hydroxylation is 1. The van der Waals surface area contributed by atoms with E-state index in [4.69, 9.17) is 4.98 Å². The molecular formula is C29H36FN3O. The van der Waals surface area contributed by atoms with Gasteiger partial charge in [-0.2, -0.15) is 0 Å². The molecule has 2 aromatic carbocycles. The Bertz CT molecular complexity index is 1080. The van der Waals surface area contributed by atoms with Gasteiger partial charge < -0.3 is 10.6 Å². The molecule has 4 nitrogen and oxygen atoms in total. The van der Waals surface area contributed by atoms with Crippen LogP contribution < -0.4 is 10.6 Å². The maximum absolute atomic E-state index is 12.9. The van der Waals surface area contributed by atoms with E-state index in [2.05, 4.69) is 34.9 Å². The van der Waals surface area contributed by atoms with Gasteiger partial charge in [-0.05, 0) is 74.4 Å². The average molecular weight is 462 g/mol. The molecule has 0 bridgehead atoms. The van der Waals surface area contributed by atoms with E-state index >= 15 is 0 Å². The van der Waals surface area contributed by atoms with Crippen LogP contribution in [0.25, 0.3) is 10.9 Å². The topological polar surface area (TPSA) is 54.0 Å². The predicted molar refractivity (Wildman–Crippen MR) is 138 cm³/mol. The van der Waals surface area contributed by atoms with Gasteiger partial charge in [-0.25, -0.2) is 4.39 Å². The summed E-state index contributed by atoms with van der Waals surface area (Å²) >= 11 is 0. The van der Waals surface area contributed by atoms with Crippen LogP contribution in [0.5, 0.6) is 0 Å². The van der Waals surface area contributed by atoms with Crippen molar-refractivity contribution in [2.75, 3.05) is 18.4 Å². The minimum atomic E-state index is -0.322. The van der Waals surface area contributed by atoms with Crippen molar-refractivity contribution in [3.63, 3.8) is 0 Å². The Kier molecular flexibility index (Phi) is 8.89. The molecular weight excluding hydrogens is 425 g/mol. The second-order valence-corrected chi connectivity index (χ2v) is 9.30. The largest absolute Gasteiger partial charge is 0.384 e. The fourth-order valence-corrected chi connectivity index (χ4v) is 4.83. The minimum Gasteiger partial charge on any atom is -0.384 e. The normalized spacial score (nSPS) is 13.0. The number of pyridine rings is 1. The molecule has 0 spiro atoms. The molecule has 0 saturated heterocycles. The summed E-state index contributed by atoms with van der Waals surface area (Å²) in [5.74, 6) is -0.451. The summed E-state index contributed by atoms with van der Waals surface area (Å²) in [6.07, 6.45) is 13.0. The Morgan fingerprint density at radius 1 is 0.824 bits per heavy atom. The summed E-state index contributed by atoms with van der Waals surface area (Å²) in [5.41, 5.74) is 5.68. The highest BCUT2D eigenvalue weighted by Gasteiger charge is 2.17. The summed E-state index contributed by atoms with van der Waals surface area (Å²) in [6.45, 7) is 1.68. The monoisotopic (exact) mass is 461 g/mol. The number of carbonyl (C=O) groups excluding carboxylic acids is 1. The molecule has 3 aromatic rings. The van der Waals surface area contributed by atoms with E-state index in [0.29, 0.717) is 12.1 Å². The number of anilines is 1. The highest BCUT2D eigenvalue weighted by Crippen LogP contribution is 2.33. The molecule has 34 heavy (non-hydrogen) atoms. The Hall–Kier alpha value is -2.95. The van der Waals surface area contributed by atoms with Gasteiger partial charge in [-0.15, -0.1) is 0 Å². The smallest absolute Gasteiger partial charge is 0.251 e. The first-order chi connectivity index (χ1) is 16.7. The van der Waals surface area contributed by atoms with Gasteiger partial charge in [0.1, 0.15) is 5.82 Å². The second kappa shape index (κ2) is 12.5. The molecule has 0 atom stereocenters. The third kappa shape index (κ3) is 6.55. The molecule has 0 unspecified atom stereocenters. The van der Waals surface area contributed by atoms with E-state index in [0.717, 1.165) is 37.7 Å². The fraction of sp³-hybridized carbons (Fsp3) is 0.448. The van der Waals surface area contributed by atoms with Gasteiger partial charge in [-0.3, -0.25) is 9.78 Å². The van der Waals surface area contributed by atoms with Crippen LogP contribution in [0.15, 0.2) is 48.5 Å². The number of halogens is 1. The second-order valence-electron chi connectivity index (χ2n) is 9.30. The molecule has 1 amide bonds. The van der Waals surface area contributed by atoms with E-state index in [-0.39, 0.29) is 11.7 Å². The number of carbonyl (C=O) groups is 1. The van der Waals surface area contributed by atoms with Gasteiger partial charge in [0.25, 0.3) is 5.91 Å². The van der Waals surface area contributed by atoms with Gasteiger partial charge >= 0.3 is 0 Å². The van der Waals surface area contributed by atoms with Gasteiger partial charge in [0.15, 0.2) is 0 Å². The summed E-state index contributed by atoms with van der Waals surface area (Å²) in [4.78, 5) is 16.9. The molecule has 180 valence electrons. The Morgan fingerprint density at radius 3 is 2.29 bits per heavy atom. The van der Waals surface area contributed by atoms with Crippen molar-refractivity contribution in [3.8, 4) is 0 Å². The standard InChI is InChI=1S/C29H36FN3O/c30-23-18-16-22(17-19-23)29(34)32-21-11-5-3-1-2-4-10-20-31-28-24-12-6-8-14-26(24)33-27-15-9-7-13-25(27)28/h6,8,12,14,16-19H,1-5,7,9-11,13,15,20-21H2,(H,31,33)(H,32,34). The van der Waals surface area contributed by atoms with E-state index in [9.17, 15) is 9.18 Å². The molecule has 0 saturated carbocycles. The van der Waals surface area contributed by atoms with Crippen LogP contribution in [-0.4, -0.2) is 24.0 Å². The number of fused-ring (bicyclic) bond motifs is 2. The maximum atomic E-state index is 12.9. The van der Waals surface area contributed by atoms with Crippen molar-refractivity contribution in [2.45, 2.75) is 70.6 Å². The van der Waals surface area contributed by atoms with Crippen LogP contribution in [0.2, 0.25) is 0 Å². The van der Waals surface area contributed by atoms with Crippen molar-refractivity contribution in [3.05, 3.63) is 71.2 Å². The average Bonchev–Trinajstić information content (AvgIpc) is 2.87. The number of rotatable bonds is 12. The van der Waals surface area contributed by atoms with Gasteiger partial charge in [0.2, 0.25) is 0 Å². The Morgan fingerprint density at radius 2 is 1.50 bits per heavy atom. The number of amides is 1. The number of unbranched alkanes of at least 4 members (excludes halogenated alkanes) is 6. The zero-order valence-corrected chi connectivity index (χ0v) is 20.0. The summed E-state index contributed by atoms with van der Waals surface area (Å²) < 4.78 is 12.9. The maximum Gasteiger partial charge on any atom is 0.251 e. The Labute approximate surface area is 202 Å². The van der Waals surface area contributed by atoms with Gasteiger partial charge in [0, 0.05) is 35.4 Å². The molecule has 2 N–H and O–H groups in total. The number of aromatic nitrogens is 1. The number of nitrogens with zero attached hydrogens (tertiary/aromatic N) is 1. The van der Waals surface area contributed by atoms with Crippen LogP contribution in [0, 0.1) is 5.82 Å². The van der Waals surface area contributed by atoms with Crippen LogP contribution in [0.1, 0.15) is 79.4 Å². The SMILES string of the molecule is O=C(NCCCCCCCCCNc1c2c(nc3ccccc13)CCCC2)c1ccc(F)cc1. The van der Waals surface area contributed by atoms with Crippen molar-refractivity contribution in [1.82, 2.24) is 10.3 Å². The number of benzene rings is 2. The Balaban J connectivity index is 1.09. The lowest BCUT2D eigenvalue weighted by Gasteiger charge is -2.21. The molecule has 1 aromatic heterocycles. The first kappa shape index (κ1) is 24.2. The van der Waals surface area contributed by atoms with E-state index in [1.165, 1.54) is 91.5 Å². The highest BCUT2D eigenvalue weighted by molar-refractivity contribution is 5.94. The third-order valence-corrected chi connectivity index (χ3v) is 6.72. The zero-order valence-electron chi connectivity index (χ0n) is 20.0. The third-order valence-electron chi connectivity index (χ3n) is 6.72. The lowest BCUT2D eigenvalue weighted by atomic mass is 9.92. The molecule has 1 heterocycles. The van der Waals surface area contributed by atoms with Crippen LogP contribution in [0.4, 0.5) is 10.1 Å². The van der Waals surface area contributed by atoms with E-state index < -0.39 is 0 Å². The van der Waals surface area contributed by atoms with Crippen molar-refractivity contribution >= 4 is 22.5 Å². The number of nitrogens with one attached hydrogen (secondary N) is 2. The number of hydrogen-bond donors (Lipinski definition) is 2. The summed E-state index contributed by atoms with van der Waals surface area (Å²) in [7, 11) is 0. The zero-order chi connectivity index (χ0) is 23.6. The molecule has 5 heteroatoms. The van der Waals surface area contributed by atoms with Crippen molar-refractivity contribution in [1.29, 1.82) is 0 Å². The molecule has 1 aliphatic rings. The number of hydrogen-bond acceptors (Lipinski definition) is 3. The lowest BCUT2D eigenvalue weighted by Crippen LogP contribution is -2.24. The summed E-state index contributed by atoms with van der Waals surface area (Å²) in [6, 6.07) is 14.2. The molecule has 0 radical (unpaired) electrons. The first-order valence-electron chi connectivity index (χ1n) is 12.9. The quantitative estimate of drug-likeness (QED) is 0.291. The van der Waals surface area contributed by atoms with E-state index in [1.54, 1.807) is 0 Å². The molecule has 0 fully saturated rings. The van der Waals surface area contributed by atoms with Crippen LogP contribution in [-0.2, 0) is 12.8 Å². The predicted octanol–water partition coefficient (Wildman–Crippen LogP) is 6.83. The molecule has 0 aliphatic heterocycles. The fourth-order valence-electron chi connectivity index (χ4n) is 4.83. The van der Waals surface area contributed by atoms with Crippen LogP contribution in [0.3, 0.4) is 0 Å². The highest BCUT2D eigenvalue weighted by atomic mass is 19.1. The molecule has 1 aliphatic carbocycles. The van der Waals surface area contributed by atoms with Crippen LogP contribution >= 0.6 is 0 Å².